The van der Waals surface area contributed by atoms with Gasteiger partial charge in [-0.25, -0.2) is 9.97 Å². The molecule has 2 aliphatic carbocycles. The lowest BCUT2D eigenvalue weighted by molar-refractivity contribution is 0.148. The fraction of sp³-hybridized carbons (Fsp3) is 0.257. The van der Waals surface area contributed by atoms with Crippen LogP contribution in [0.2, 0.25) is 0 Å². The number of thiazole rings is 2. The number of nitrogens with zero attached hydrogens (tertiary/aromatic N) is 6. The van der Waals surface area contributed by atoms with Gasteiger partial charge >= 0.3 is 0 Å². The molecule has 1 aromatic carbocycles. The maximum Gasteiger partial charge on any atom is 0.180 e. The zero-order valence-electron chi connectivity index (χ0n) is 24.9. The van der Waals surface area contributed by atoms with E-state index in [4.69, 9.17) is 16.5 Å². The van der Waals surface area contributed by atoms with Crippen LogP contribution < -0.4 is 11.5 Å². The number of hydrogen-bond donors (Lipinski definition) is 2. The molecule has 0 spiro atoms. The van der Waals surface area contributed by atoms with E-state index in [0.717, 1.165) is 95.1 Å². The van der Waals surface area contributed by atoms with Crippen LogP contribution in [0, 0.1) is 0 Å². The number of hydrogen-bond acceptors (Lipinski definition) is 10. The van der Waals surface area contributed by atoms with Crippen molar-refractivity contribution in [2.24, 2.45) is 0 Å². The van der Waals surface area contributed by atoms with Crippen molar-refractivity contribution < 1.29 is 1.43 Å². The van der Waals surface area contributed by atoms with Crippen molar-refractivity contribution in [3.8, 4) is 11.1 Å². The van der Waals surface area contributed by atoms with Crippen LogP contribution in [-0.4, -0.2) is 63.0 Å². The Morgan fingerprint density at radius 2 is 1.35 bits per heavy atom. The molecule has 0 atom stereocenters. The number of halogens is 1. The SMILES string of the molecule is C.CN1CCN(Cc2ccc(-c3cnc4c(c3)C(c3csc(N)n3)=CC4)cc2)CC1.Nc1nc(C2=CCc3ncc(Br)cc32)cs1.[2HH]. The highest BCUT2D eigenvalue weighted by atomic mass is 79.9. The van der Waals surface area contributed by atoms with Gasteiger partial charge in [0.05, 0.1) is 22.8 Å². The van der Waals surface area contributed by atoms with E-state index in [2.05, 4.69) is 96.3 Å². The highest BCUT2D eigenvalue weighted by Gasteiger charge is 2.21. The van der Waals surface area contributed by atoms with Crippen LogP contribution in [0.3, 0.4) is 0 Å². The fourth-order valence-corrected chi connectivity index (χ4v) is 7.36. The van der Waals surface area contributed by atoms with E-state index in [1.165, 1.54) is 39.4 Å². The lowest BCUT2D eigenvalue weighted by Gasteiger charge is -2.32. The van der Waals surface area contributed by atoms with E-state index in [1.807, 2.05) is 23.2 Å². The van der Waals surface area contributed by atoms with Crippen LogP contribution in [0.1, 0.15) is 48.3 Å². The van der Waals surface area contributed by atoms with Crippen LogP contribution in [-0.2, 0) is 19.4 Å². The van der Waals surface area contributed by atoms with Gasteiger partial charge in [0, 0.05) is 102 Å². The number of anilines is 2. The standard InChI is InChI=1S/C23H25N5S.C11H8BrN3S.CH4.H2/c1-27-8-10-28(11-9-27)14-16-2-4-17(5-3-16)18-12-20-19(6-7-21(20)25-13-18)22-15-29-23(24)26-22;12-6-3-8-7(1-2-9(8)14-4-6)10-5-16-11(13)15-10;;/h2-6,12-13,15H,7-11,14H2,1H3,(H2,24,26);1,3-5H,2H2,(H2,13,15);1H4;1H/i;;;1+1. The van der Waals surface area contributed by atoms with Gasteiger partial charge in [0.15, 0.2) is 10.3 Å². The van der Waals surface area contributed by atoms with Crippen molar-refractivity contribution in [3.05, 3.63) is 116 Å². The van der Waals surface area contributed by atoms with Crippen LogP contribution in [0.15, 0.2) is 76.2 Å². The molecule has 46 heavy (non-hydrogen) atoms. The van der Waals surface area contributed by atoms with Crippen molar-refractivity contribution in [3.63, 3.8) is 0 Å². The zero-order valence-corrected chi connectivity index (χ0v) is 28.1. The average molecular weight is 717 g/mol. The van der Waals surface area contributed by atoms with E-state index < -0.39 is 0 Å². The smallest absolute Gasteiger partial charge is 0.180 e. The maximum atomic E-state index is 5.83. The maximum absolute atomic E-state index is 5.83. The molecule has 0 bridgehead atoms. The van der Waals surface area contributed by atoms with Gasteiger partial charge in [-0.05, 0) is 46.2 Å². The monoisotopic (exact) mass is 715 g/mol. The van der Waals surface area contributed by atoms with Gasteiger partial charge < -0.3 is 16.4 Å². The summed E-state index contributed by atoms with van der Waals surface area (Å²) >= 11 is 6.38. The molecule has 8 rings (SSSR count). The molecule has 0 radical (unpaired) electrons. The second-order valence-electron chi connectivity index (χ2n) is 11.4. The Balaban J connectivity index is 0.000000205. The number of fused-ring (bicyclic) bond motifs is 2. The third-order valence-electron chi connectivity index (χ3n) is 8.37. The molecule has 0 saturated carbocycles. The van der Waals surface area contributed by atoms with Gasteiger partial charge in [0.25, 0.3) is 0 Å². The zero-order chi connectivity index (χ0) is 30.9. The van der Waals surface area contributed by atoms with Crippen LogP contribution >= 0.6 is 38.6 Å². The first-order chi connectivity index (χ1) is 21.9. The molecule has 1 aliphatic heterocycles. The van der Waals surface area contributed by atoms with Crippen molar-refractivity contribution >= 4 is 60.0 Å². The van der Waals surface area contributed by atoms with Gasteiger partial charge in [0.2, 0.25) is 0 Å². The Bertz CT molecular complexity index is 1910. The van der Waals surface area contributed by atoms with Crippen LogP contribution in [0.4, 0.5) is 10.3 Å². The molecule has 4 N–H and O–H groups in total. The normalized spacial score (nSPS) is 15.7. The third-order valence-corrected chi connectivity index (χ3v) is 10.2. The first-order valence-corrected chi connectivity index (χ1v) is 17.4. The molecule has 3 aliphatic rings. The van der Waals surface area contributed by atoms with Crippen LogP contribution in [0.5, 0.6) is 0 Å². The van der Waals surface area contributed by atoms with Gasteiger partial charge in [-0.1, -0.05) is 43.8 Å². The summed E-state index contributed by atoms with van der Waals surface area (Å²) in [5.74, 6) is 0. The molecule has 5 heterocycles. The molecule has 1 saturated heterocycles. The third kappa shape index (κ3) is 6.98. The molecule has 0 unspecified atom stereocenters. The topological polar surface area (TPSA) is 110 Å². The summed E-state index contributed by atoms with van der Waals surface area (Å²) in [5, 5.41) is 5.22. The summed E-state index contributed by atoms with van der Waals surface area (Å²) < 4.78 is 0.988. The number of nitrogen functional groups attached to an aromatic ring is 2. The Morgan fingerprint density at radius 1 is 0.783 bits per heavy atom. The molecular formula is C35H39BrN8S2. The van der Waals surface area contributed by atoms with Crippen LogP contribution in [0.25, 0.3) is 22.3 Å². The second kappa shape index (κ2) is 13.9. The number of nitrogens with two attached hydrogens (primary N) is 2. The fourth-order valence-electron chi connectivity index (χ4n) is 5.90. The summed E-state index contributed by atoms with van der Waals surface area (Å²) in [6.07, 6.45) is 9.89. The first kappa shape index (κ1) is 32.2. The highest BCUT2D eigenvalue weighted by molar-refractivity contribution is 9.10. The number of piperazine rings is 1. The number of rotatable bonds is 5. The minimum atomic E-state index is 0. The number of pyridine rings is 2. The molecular weight excluding hydrogens is 676 g/mol. The van der Waals surface area contributed by atoms with Gasteiger partial charge in [-0.15, -0.1) is 22.7 Å². The molecule has 8 nitrogen and oxygen atoms in total. The summed E-state index contributed by atoms with van der Waals surface area (Å²) in [4.78, 5) is 22.8. The Labute approximate surface area is 288 Å². The average Bonchev–Trinajstić information content (AvgIpc) is 3.85. The molecule has 4 aromatic heterocycles. The van der Waals surface area contributed by atoms with Crippen molar-refractivity contribution in [2.75, 3.05) is 44.7 Å². The lowest BCUT2D eigenvalue weighted by Crippen LogP contribution is -2.43. The largest absolute Gasteiger partial charge is 0.375 e. The van der Waals surface area contributed by atoms with E-state index >= 15 is 0 Å². The van der Waals surface area contributed by atoms with Crippen molar-refractivity contribution in [1.82, 2.24) is 29.7 Å². The molecule has 238 valence electrons. The number of benzene rings is 1. The minimum Gasteiger partial charge on any atom is -0.375 e. The van der Waals surface area contributed by atoms with E-state index in [-0.39, 0.29) is 8.85 Å². The second-order valence-corrected chi connectivity index (χ2v) is 14.1. The minimum absolute atomic E-state index is 0. The predicted molar refractivity (Wildman–Crippen MR) is 198 cm³/mol. The number of likely N-dealkylation sites (N-methyl/N-ethyl adjacent to an activating group) is 1. The summed E-state index contributed by atoms with van der Waals surface area (Å²) in [6, 6.07) is 13.3. The molecule has 5 aromatic rings. The quantitative estimate of drug-likeness (QED) is 0.196. The van der Waals surface area contributed by atoms with E-state index in [0.29, 0.717) is 10.3 Å². The van der Waals surface area contributed by atoms with E-state index in [1.54, 1.807) is 0 Å². The Morgan fingerprint density at radius 3 is 1.91 bits per heavy atom. The summed E-state index contributed by atoms with van der Waals surface area (Å²) in [5.41, 5.74) is 23.9. The van der Waals surface area contributed by atoms with Gasteiger partial charge in [-0.2, -0.15) is 0 Å². The first-order valence-electron chi connectivity index (χ1n) is 14.9. The Hall–Kier alpha value is -3.74. The van der Waals surface area contributed by atoms with Gasteiger partial charge in [0.1, 0.15) is 0 Å². The molecule has 11 heteroatoms. The Kier molecular flexibility index (Phi) is 9.76. The summed E-state index contributed by atoms with van der Waals surface area (Å²) in [7, 11) is 2.20. The molecule has 0 amide bonds. The van der Waals surface area contributed by atoms with E-state index in [9.17, 15) is 0 Å². The van der Waals surface area contributed by atoms with Crippen molar-refractivity contribution in [1.29, 1.82) is 0 Å². The van der Waals surface area contributed by atoms with Gasteiger partial charge in [-0.3, -0.25) is 14.9 Å². The number of aromatic nitrogens is 4. The number of allylic oxidation sites excluding steroid dienone is 2. The predicted octanol–water partition coefficient (Wildman–Crippen LogP) is 7.28. The lowest BCUT2D eigenvalue weighted by atomic mass is 10.0. The van der Waals surface area contributed by atoms with Crippen molar-refractivity contribution in [2.45, 2.75) is 26.8 Å². The highest BCUT2D eigenvalue weighted by Crippen LogP contribution is 2.36. The molecule has 1 fully saturated rings. The summed E-state index contributed by atoms with van der Waals surface area (Å²) in [6.45, 7) is 5.61.